The molecule has 27 heavy (non-hydrogen) atoms. The molecule has 1 aromatic rings. The van der Waals surface area contributed by atoms with Gasteiger partial charge in [-0.3, -0.25) is 4.90 Å². The molecule has 0 aromatic carbocycles. The normalized spacial score (nSPS) is 26.3. The Morgan fingerprint density at radius 2 is 1.85 bits per heavy atom. The van der Waals surface area contributed by atoms with Gasteiger partial charge < -0.3 is 9.30 Å². The van der Waals surface area contributed by atoms with Crippen LogP contribution in [0.15, 0.2) is 19.0 Å². The predicted octanol–water partition coefficient (Wildman–Crippen LogP) is 0.529. The van der Waals surface area contributed by atoms with E-state index in [1.807, 2.05) is 18.4 Å². The Hall–Kier alpha value is -1.11. The summed E-state index contributed by atoms with van der Waals surface area (Å²) in [6.45, 7) is 11.7. The first-order valence-corrected chi connectivity index (χ1v) is 11.0. The van der Waals surface area contributed by atoms with Gasteiger partial charge >= 0.3 is 0 Å². The third kappa shape index (κ3) is 4.66. The molecule has 2 fully saturated rings. The quantitative estimate of drug-likeness (QED) is 0.497. The lowest BCUT2D eigenvalue weighted by molar-refractivity contribution is -0.0458. The molecule has 2 aliphatic rings. The van der Waals surface area contributed by atoms with Gasteiger partial charge in [-0.15, -0.1) is 6.58 Å². The highest BCUT2D eigenvalue weighted by Gasteiger charge is 2.36. The fraction of sp³-hybridized carbons (Fsp3) is 0.750. The molecule has 0 bridgehead atoms. The molecule has 0 spiro atoms. The van der Waals surface area contributed by atoms with Crippen molar-refractivity contribution in [3.63, 3.8) is 0 Å². The van der Waals surface area contributed by atoms with Gasteiger partial charge in [-0.25, -0.2) is 4.68 Å². The molecule has 0 amide bonds. The molecule has 0 radical (unpaired) electrons. The van der Waals surface area contributed by atoms with Crippen molar-refractivity contribution in [1.29, 1.82) is 0 Å². The first-order chi connectivity index (χ1) is 12.8. The van der Waals surface area contributed by atoms with Crippen LogP contribution >= 0.6 is 12.2 Å². The molecule has 1 aromatic heterocycles. The van der Waals surface area contributed by atoms with Crippen molar-refractivity contribution in [1.82, 2.24) is 27.9 Å². The van der Waals surface area contributed by atoms with Gasteiger partial charge in [-0.2, -0.15) is 22.1 Å². The highest BCUT2D eigenvalue weighted by Crippen LogP contribution is 2.19. The van der Waals surface area contributed by atoms with E-state index in [0.717, 1.165) is 0 Å². The van der Waals surface area contributed by atoms with Crippen LogP contribution in [0, 0.1) is 4.77 Å². The van der Waals surface area contributed by atoms with E-state index in [0.29, 0.717) is 57.3 Å². The SMILES string of the molecule is C=CCn1cnn(CN2CCN(S(=O)(=O)N3C[C@H](C)O[C@@H](C)C3)CC2)c1=S. The van der Waals surface area contributed by atoms with E-state index in [4.69, 9.17) is 17.0 Å². The number of allylic oxidation sites excluding steroid dienone is 1. The van der Waals surface area contributed by atoms with Crippen LogP contribution in [-0.4, -0.2) is 87.8 Å². The maximum absolute atomic E-state index is 13.0. The number of piperazine rings is 1. The summed E-state index contributed by atoms with van der Waals surface area (Å²) in [4.78, 5) is 2.16. The van der Waals surface area contributed by atoms with Gasteiger partial charge in [0, 0.05) is 45.8 Å². The molecule has 11 heteroatoms. The van der Waals surface area contributed by atoms with E-state index in [-0.39, 0.29) is 12.2 Å². The van der Waals surface area contributed by atoms with Crippen molar-refractivity contribution < 1.29 is 13.2 Å². The number of nitrogens with zero attached hydrogens (tertiary/aromatic N) is 6. The number of hydrogen-bond donors (Lipinski definition) is 0. The van der Waals surface area contributed by atoms with Crippen molar-refractivity contribution in [3.05, 3.63) is 23.8 Å². The third-order valence-corrected chi connectivity index (χ3v) is 7.24. The van der Waals surface area contributed by atoms with Gasteiger partial charge in [0.15, 0.2) is 4.77 Å². The van der Waals surface area contributed by atoms with E-state index in [1.165, 1.54) is 0 Å². The largest absolute Gasteiger partial charge is 0.373 e. The Morgan fingerprint density at radius 3 is 2.44 bits per heavy atom. The predicted molar refractivity (Wildman–Crippen MR) is 105 cm³/mol. The maximum atomic E-state index is 13.0. The zero-order valence-corrected chi connectivity index (χ0v) is 17.5. The second-order valence-corrected chi connectivity index (χ2v) is 9.39. The molecule has 0 unspecified atom stereocenters. The van der Waals surface area contributed by atoms with E-state index >= 15 is 0 Å². The second kappa shape index (κ2) is 8.50. The van der Waals surface area contributed by atoms with E-state index < -0.39 is 10.2 Å². The van der Waals surface area contributed by atoms with Crippen LogP contribution in [0.2, 0.25) is 0 Å². The molecular formula is C16H28N6O3S2. The van der Waals surface area contributed by atoms with Crippen molar-refractivity contribution in [2.24, 2.45) is 0 Å². The minimum Gasteiger partial charge on any atom is -0.373 e. The fourth-order valence-electron chi connectivity index (χ4n) is 3.51. The third-order valence-electron chi connectivity index (χ3n) is 4.83. The van der Waals surface area contributed by atoms with Crippen LogP contribution in [0.3, 0.4) is 0 Å². The summed E-state index contributed by atoms with van der Waals surface area (Å²) in [6.07, 6.45) is 3.30. The molecule has 2 atom stereocenters. The van der Waals surface area contributed by atoms with Gasteiger partial charge in [0.1, 0.15) is 6.33 Å². The number of morpholine rings is 1. The molecule has 0 saturated carbocycles. The number of rotatable bonds is 6. The van der Waals surface area contributed by atoms with Crippen LogP contribution in [0.4, 0.5) is 0 Å². The fourth-order valence-corrected chi connectivity index (χ4v) is 5.48. The van der Waals surface area contributed by atoms with Gasteiger partial charge in [0.2, 0.25) is 0 Å². The molecular weight excluding hydrogens is 388 g/mol. The monoisotopic (exact) mass is 416 g/mol. The lowest BCUT2D eigenvalue weighted by Gasteiger charge is -2.40. The molecule has 0 aliphatic carbocycles. The summed E-state index contributed by atoms with van der Waals surface area (Å²) in [6, 6.07) is 0. The molecule has 3 rings (SSSR count). The Bertz CT molecular complexity index is 802. The van der Waals surface area contributed by atoms with Crippen LogP contribution < -0.4 is 0 Å². The maximum Gasteiger partial charge on any atom is 0.282 e. The first kappa shape index (κ1) is 20.6. The number of hydrogen-bond acceptors (Lipinski definition) is 6. The Kier molecular flexibility index (Phi) is 6.49. The highest BCUT2D eigenvalue weighted by atomic mass is 32.2. The van der Waals surface area contributed by atoms with Crippen LogP contribution in [-0.2, 0) is 28.2 Å². The zero-order valence-electron chi connectivity index (χ0n) is 15.9. The van der Waals surface area contributed by atoms with E-state index in [9.17, 15) is 8.42 Å². The lowest BCUT2D eigenvalue weighted by Crippen LogP contribution is -2.57. The van der Waals surface area contributed by atoms with Gasteiger partial charge in [0.05, 0.1) is 18.9 Å². The Labute approximate surface area is 166 Å². The van der Waals surface area contributed by atoms with Gasteiger partial charge in [-0.1, -0.05) is 6.08 Å². The number of ether oxygens (including phenoxy) is 1. The molecule has 2 saturated heterocycles. The van der Waals surface area contributed by atoms with Crippen LogP contribution in [0.25, 0.3) is 0 Å². The average molecular weight is 417 g/mol. The standard InChI is InChI=1S/C16H28N6O3S2/c1-4-5-19-12-17-22(16(19)26)13-18-6-8-20(9-7-18)27(23,24)21-10-14(2)25-15(3)11-21/h4,12,14-15H,1,5-11,13H2,2-3H3/t14-,15-/m0/s1. The summed E-state index contributed by atoms with van der Waals surface area (Å²) < 4.78 is 38.9. The summed E-state index contributed by atoms with van der Waals surface area (Å²) in [5.41, 5.74) is 0. The topological polar surface area (TPSA) is 75.8 Å². The van der Waals surface area contributed by atoms with Crippen molar-refractivity contribution in [2.75, 3.05) is 39.3 Å². The average Bonchev–Trinajstić information content (AvgIpc) is 2.95. The summed E-state index contributed by atoms with van der Waals surface area (Å²) in [7, 11) is -3.46. The zero-order chi connectivity index (χ0) is 19.6. The Morgan fingerprint density at radius 1 is 1.22 bits per heavy atom. The van der Waals surface area contributed by atoms with Gasteiger partial charge in [0.25, 0.3) is 10.2 Å². The smallest absolute Gasteiger partial charge is 0.282 e. The summed E-state index contributed by atoms with van der Waals surface area (Å²) in [5.74, 6) is 0. The molecule has 0 N–H and O–H groups in total. The van der Waals surface area contributed by atoms with Crippen molar-refractivity contribution in [3.8, 4) is 0 Å². The van der Waals surface area contributed by atoms with Crippen molar-refractivity contribution in [2.45, 2.75) is 39.3 Å². The summed E-state index contributed by atoms with van der Waals surface area (Å²) >= 11 is 5.41. The minimum absolute atomic E-state index is 0.0858. The summed E-state index contributed by atoms with van der Waals surface area (Å²) in [5, 5.41) is 4.32. The minimum atomic E-state index is -3.46. The van der Waals surface area contributed by atoms with Crippen molar-refractivity contribution >= 4 is 22.4 Å². The Balaban J connectivity index is 1.58. The first-order valence-electron chi connectivity index (χ1n) is 9.17. The van der Waals surface area contributed by atoms with Gasteiger partial charge in [-0.05, 0) is 26.1 Å². The van der Waals surface area contributed by atoms with Crippen LogP contribution in [0.5, 0.6) is 0 Å². The molecule has 2 aliphatic heterocycles. The molecule has 9 nitrogen and oxygen atoms in total. The number of aromatic nitrogens is 3. The highest BCUT2D eigenvalue weighted by molar-refractivity contribution is 7.86. The molecule has 152 valence electrons. The lowest BCUT2D eigenvalue weighted by atomic mass is 10.3. The second-order valence-electron chi connectivity index (χ2n) is 7.09. The van der Waals surface area contributed by atoms with E-state index in [2.05, 4.69) is 16.6 Å². The van der Waals surface area contributed by atoms with E-state index in [1.54, 1.807) is 25.7 Å². The van der Waals surface area contributed by atoms with Crippen LogP contribution in [0.1, 0.15) is 13.8 Å². The molecule has 3 heterocycles.